The molecule has 0 saturated carbocycles. The van der Waals surface area contributed by atoms with Crippen LogP contribution in [0.2, 0.25) is 0 Å². The minimum atomic E-state index is -0.937. The Morgan fingerprint density at radius 1 is 0.608 bits per heavy atom. The highest BCUT2D eigenvalue weighted by atomic mass is 127. The molecule has 0 aromatic heterocycles. The van der Waals surface area contributed by atoms with Crippen molar-refractivity contribution in [3.8, 4) is 0 Å². The summed E-state index contributed by atoms with van der Waals surface area (Å²) in [5, 5.41) is 0. The molecule has 0 atom stereocenters. The number of anilines is 2. The van der Waals surface area contributed by atoms with Gasteiger partial charge in [0, 0.05) is 27.8 Å². The van der Waals surface area contributed by atoms with Gasteiger partial charge < -0.3 is 25.7 Å². The summed E-state index contributed by atoms with van der Waals surface area (Å²) in [6, 6.07) is 3.84. The van der Waals surface area contributed by atoms with Gasteiger partial charge in [-0.3, -0.25) is 14.4 Å². The third-order valence-corrected chi connectivity index (χ3v) is 14.2. The summed E-state index contributed by atoms with van der Waals surface area (Å²) in [6.07, 6.45) is 19.1. The van der Waals surface area contributed by atoms with E-state index in [0.717, 1.165) is 64.7 Å². The molecular formula is C37H48I6N2O6. The lowest BCUT2D eigenvalue weighted by Crippen LogP contribution is -2.31. The number of rotatable bonds is 24. The monoisotopic (exact) mass is 1380 g/mol. The molecule has 4 N–H and O–H groups in total. The van der Waals surface area contributed by atoms with Crippen LogP contribution < -0.4 is 11.5 Å². The molecule has 2 aromatic rings. The zero-order chi connectivity index (χ0) is 37.8. The van der Waals surface area contributed by atoms with Gasteiger partial charge in [-0.15, -0.1) is 0 Å². The number of esters is 3. The highest BCUT2D eigenvalue weighted by Gasteiger charge is 2.23. The summed E-state index contributed by atoms with van der Waals surface area (Å²) in [5.74, 6) is -1.39. The van der Waals surface area contributed by atoms with Crippen molar-refractivity contribution >= 4 is 165 Å². The smallest absolute Gasteiger partial charge is 0.310 e. The van der Waals surface area contributed by atoms with Crippen LogP contribution >= 0.6 is 136 Å². The van der Waals surface area contributed by atoms with E-state index < -0.39 is 24.0 Å². The van der Waals surface area contributed by atoms with Gasteiger partial charge in [0.05, 0.1) is 24.2 Å². The zero-order valence-corrected chi connectivity index (χ0v) is 41.9. The van der Waals surface area contributed by atoms with E-state index in [-0.39, 0.29) is 32.5 Å². The Kier molecular flexibility index (Phi) is 25.5. The minimum Gasteiger partial charge on any atom is -0.461 e. The van der Waals surface area contributed by atoms with Crippen LogP contribution in [0.1, 0.15) is 108 Å². The first-order valence-electron chi connectivity index (χ1n) is 17.3. The van der Waals surface area contributed by atoms with Gasteiger partial charge in [-0.2, -0.15) is 0 Å². The first kappa shape index (κ1) is 47.7. The summed E-state index contributed by atoms with van der Waals surface area (Å²) >= 11 is 13.0. The van der Waals surface area contributed by atoms with Crippen molar-refractivity contribution in [1.82, 2.24) is 0 Å². The van der Waals surface area contributed by atoms with Crippen LogP contribution in [-0.2, 0) is 41.4 Å². The van der Waals surface area contributed by atoms with Crippen molar-refractivity contribution in [2.24, 2.45) is 0 Å². The van der Waals surface area contributed by atoms with Crippen molar-refractivity contribution in [1.29, 1.82) is 0 Å². The number of hydrogen-bond donors (Lipinski definition) is 2. The van der Waals surface area contributed by atoms with Gasteiger partial charge in [-0.25, -0.2) is 0 Å². The average Bonchev–Trinajstić information content (AvgIpc) is 3.09. The third-order valence-electron chi connectivity index (χ3n) is 8.04. The Bertz CT molecular complexity index is 1390. The van der Waals surface area contributed by atoms with Gasteiger partial charge in [-0.05, 0) is 191 Å². The highest BCUT2D eigenvalue weighted by molar-refractivity contribution is 14.1. The molecule has 0 aliphatic heterocycles. The number of benzene rings is 2. The summed E-state index contributed by atoms with van der Waals surface area (Å²) in [4.78, 5) is 38.6. The molecule has 0 aliphatic carbocycles. The number of hydrogen-bond acceptors (Lipinski definition) is 8. The lowest BCUT2D eigenvalue weighted by molar-refractivity contribution is -0.166. The topological polar surface area (TPSA) is 131 Å². The Balaban J connectivity index is 1.85. The molecule has 0 bridgehead atoms. The van der Waals surface area contributed by atoms with Crippen LogP contribution in [0, 0.1) is 21.4 Å². The number of carbonyl (C=O) groups is 3. The van der Waals surface area contributed by atoms with Crippen LogP contribution in [0.5, 0.6) is 0 Å². The fourth-order valence-corrected chi connectivity index (χ4v) is 12.6. The molecule has 2 rings (SSSR count). The van der Waals surface area contributed by atoms with E-state index in [1.807, 2.05) is 12.1 Å². The third kappa shape index (κ3) is 18.8. The number of nitrogens with two attached hydrogens (primary N) is 2. The van der Waals surface area contributed by atoms with Crippen LogP contribution in [0.25, 0.3) is 0 Å². The van der Waals surface area contributed by atoms with Crippen LogP contribution in [0.4, 0.5) is 11.4 Å². The second-order valence-electron chi connectivity index (χ2n) is 12.3. The van der Waals surface area contributed by atoms with Crippen molar-refractivity contribution < 1.29 is 28.6 Å². The summed E-state index contributed by atoms with van der Waals surface area (Å²) in [6.45, 7) is 1.78. The van der Waals surface area contributed by atoms with Crippen molar-refractivity contribution in [3.63, 3.8) is 0 Å². The SMILES string of the molecule is CCCCCCCCC=CCCCCCCCC(=O)OC(COC(=O)Cc1c(I)cc(I)c(N)c1I)COC(=O)Cc1c(I)cc(I)c(N)c1I. The van der Waals surface area contributed by atoms with E-state index >= 15 is 0 Å². The molecule has 0 unspecified atom stereocenters. The molecule has 0 heterocycles. The number of nitrogen functional groups attached to an aromatic ring is 2. The zero-order valence-electron chi connectivity index (χ0n) is 29.0. The number of ether oxygens (including phenoxy) is 3. The summed E-state index contributed by atoms with van der Waals surface area (Å²) in [5.41, 5.74) is 15.2. The van der Waals surface area contributed by atoms with Gasteiger partial charge in [0.15, 0.2) is 6.10 Å². The van der Waals surface area contributed by atoms with E-state index in [2.05, 4.69) is 155 Å². The van der Waals surface area contributed by atoms with Gasteiger partial charge in [0.25, 0.3) is 0 Å². The minimum absolute atomic E-state index is 0.0120. The second kappa shape index (κ2) is 27.2. The molecule has 8 nitrogen and oxygen atoms in total. The molecule has 0 aliphatic rings. The molecule has 284 valence electrons. The van der Waals surface area contributed by atoms with Gasteiger partial charge in [-0.1, -0.05) is 70.4 Å². The average molecular weight is 1380 g/mol. The van der Waals surface area contributed by atoms with Crippen molar-refractivity contribution in [2.45, 2.75) is 116 Å². The molecule has 0 fully saturated rings. The number of unbranched alkanes of at least 4 members (excludes halogenated alkanes) is 11. The van der Waals surface area contributed by atoms with E-state index in [9.17, 15) is 14.4 Å². The quantitative estimate of drug-likeness (QED) is 0.0265. The normalized spacial score (nSPS) is 11.4. The predicted octanol–water partition coefficient (Wildman–Crippen LogP) is 11.3. The molecule has 0 spiro atoms. The predicted molar refractivity (Wildman–Crippen MR) is 257 cm³/mol. The fourth-order valence-electron chi connectivity index (χ4n) is 5.08. The number of carbonyl (C=O) groups excluding carboxylic acids is 3. The maximum atomic E-state index is 12.9. The van der Waals surface area contributed by atoms with Crippen LogP contribution in [0.3, 0.4) is 0 Å². The van der Waals surface area contributed by atoms with E-state index in [4.69, 9.17) is 25.7 Å². The van der Waals surface area contributed by atoms with E-state index in [1.54, 1.807) is 0 Å². The number of halogens is 6. The molecule has 0 saturated heterocycles. The van der Waals surface area contributed by atoms with Crippen LogP contribution in [-0.4, -0.2) is 37.2 Å². The Labute approximate surface area is 385 Å². The Morgan fingerprint density at radius 3 is 1.47 bits per heavy atom. The maximum absolute atomic E-state index is 12.9. The van der Waals surface area contributed by atoms with Gasteiger partial charge in [0.2, 0.25) is 0 Å². The van der Waals surface area contributed by atoms with Gasteiger partial charge in [0.1, 0.15) is 13.2 Å². The van der Waals surface area contributed by atoms with Crippen molar-refractivity contribution in [2.75, 3.05) is 24.7 Å². The fraction of sp³-hybridized carbons (Fsp3) is 0.541. The standard InChI is InChI=1S/C37H48I6N2O6/c1-2-3-4-5-6-7-8-9-10-11-12-13-14-15-16-17-31(46)51-24(22-49-32(47)18-25-27(38)20-29(40)36(44)34(25)42)23-50-33(48)19-26-28(39)21-30(41)37(45)35(26)43/h9-10,20-21,24H,2-8,11-19,22-23,44-45H2,1H3. The largest absolute Gasteiger partial charge is 0.461 e. The lowest BCUT2D eigenvalue weighted by Gasteiger charge is -2.19. The first-order chi connectivity index (χ1) is 24.3. The second-order valence-corrected chi connectivity index (χ2v) is 19.1. The Hall–Kier alpha value is 0.570. The summed E-state index contributed by atoms with van der Waals surface area (Å²) < 4.78 is 22.0. The Morgan fingerprint density at radius 2 is 1.02 bits per heavy atom. The first-order valence-corrected chi connectivity index (χ1v) is 23.8. The molecule has 51 heavy (non-hydrogen) atoms. The number of allylic oxidation sites excluding steroid dienone is 2. The lowest BCUT2D eigenvalue weighted by atomic mass is 10.1. The molecular weight excluding hydrogens is 1330 g/mol. The molecule has 14 heteroatoms. The van der Waals surface area contributed by atoms with E-state index in [1.165, 1.54) is 44.9 Å². The van der Waals surface area contributed by atoms with E-state index in [0.29, 0.717) is 17.8 Å². The molecule has 2 aromatic carbocycles. The maximum Gasteiger partial charge on any atom is 0.310 e. The summed E-state index contributed by atoms with van der Waals surface area (Å²) in [7, 11) is 0. The molecule has 0 amide bonds. The van der Waals surface area contributed by atoms with Gasteiger partial charge >= 0.3 is 17.9 Å². The van der Waals surface area contributed by atoms with Crippen LogP contribution in [0.15, 0.2) is 24.3 Å². The van der Waals surface area contributed by atoms with Crippen molar-refractivity contribution in [3.05, 3.63) is 56.8 Å². The highest BCUT2D eigenvalue weighted by Crippen LogP contribution is 2.31. The molecule has 0 radical (unpaired) electrons.